The van der Waals surface area contributed by atoms with Crippen LogP contribution in [0.5, 0.6) is 0 Å². The predicted octanol–water partition coefficient (Wildman–Crippen LogP) is 2.93. The first kappa shape index (κ1) is 9.06. The molecule has 0 unspecified atom stereocenters. The van der Waals surface area contributed by atoms with Gasteiger partial charge in [-0.05, 0) is 11.6 Å². The Balaban J connectivity index is 2.61. The van der Waals surface area contributed by atoms with E-state index < -0.39 is 0 Å². The lowest BCUT2D eigenvalue weighted by Crippen LogP contribution is -1.66. The van der Waals surface area contributed by atoms with Crippen molar-refractivity contribution < 1.29 is 0 Å². The molecule has 0 atom stereocenters. The van der Waals surface area contributed by atoms with E-state index in [0.717, 1.165) is 5.56 Å². The van der Waals surface area contributed by atoms with Crippen LogP contribution in [-0.2, 0) is 0 Å². The van der Waals surface area contributed by atoms with E-state index in [0.29, 0.717) is 0 Å². The first-order chi connectivity index (χ1) is 6.43. The highest BCUT2D eigenvalue weighted by atomic mass is 14.2. The molecule has 1 rings (SSSR count). The Bertz CT molecular complexity index is 373. The summed E-state index contributed by atoms with van der Waals surface area (Å²) < 4.78 is 0. The Morgan fingerprint density at radius 1 is 1.15 bits per heavy atom. The molecule has 0 amide bonds. The van der Waals surface area contributed by atoms with Gasteiger partial charge in [-0.15, -0.1) is 5.73 Å². The second-order valence-corrected chi connectivity index (χ2v) is 2.38. The lowest BCUT2D eigenvalue weighted by Gasteiger charge is -1.87. The van der Waals surface area contributed by atoms with Gasteiger partial charge in [0.15, 0.2) is 0 Å². The monoisotopic (exact) mass is 167 g/mol. The SMILES string of the molecule is N#CC=C=CC=Cc1ccccc1. The van der Waals surface area contributed by atoms with Crippen LogP contribution in [0.3, 0.4) is 0 Å². The maximum atomic E-state index is 8.17. The zero-order valence-corrected chi connectivity index (χ0v) is 7.14. The standard InChI is InChI=1S/C12H9N/c13-11-7-2-1-4-8-12-9-5-3-6-10-12/h1,3-10H. The third kappa shape index (κ3) is 3.76. The van der Waals surface area contributed by atoms with E-state index >= 15 is 0 Å². The highest BCUT2D eigenvalue weighted by molar-refractivity contribution is 5.50. The molecular formula is C12H9N. The summed E-state index contributed by atoms with van der Waals surface area (Å²) in [5.41, 5.74) is 3.84. The van der Waals surface area contributed by atoms with Gasteiger partial charge in [0.1, 0.15) is 0 Å². The van der Waals surface area contributed by atoms with Crippen molar-refractivity contribution in [1.29, 1.82) is 5.26 Å². The van der Waals surface area contributed by atoms with Crippen molar-refractivity contribution in [3.8, 4) is 6.07 Å². The molecule has 62 valence electrons. The first-order valence-corrected chi connectivity index (χ1v) is 3.96. The minimum absolute atomic E-state index is 1.14. The molecule has 0 bridgehead atoms. The number of hydrogen-bond donors (Lipinski definition) is 0. The summed E-state index contributed by atoms with van der Waals surface area (Å²) in [4.78, 5) is 0. The summed E-state index contributed by atoms with van der Waals surface area (Å²) in [6.07, 6.45) is 6.83. The maximum absolute atomic E-state index is 8.17. The van der Waals surface area contributed by atoms with Crippen LogP contribution >= 0.6 is 0 Å². The molecule has 0 aliphatic heterocycles. The number of allylic oxidation sites excluding steroid dienone is 2. The van der Waals surface area contributed by atoms with Crippen LogP contribution in [0.4, 0.5) is 0 Å². The van der Waals surface area contributed by atoms with Crippen LogP contribution < -0.4 is 0 Å². The fourth-order valence-corrected chi connectivity index (χ4v) is 0.864. The smallest absolute Gasteiger partial charge is 0.0996 e. The summed E-state index contributed by atoms with van der Waals surface area (Å²) in [6.45, 7) is 0. The zero-order chi connectivity index (χ0) is 9.36. The average molecular weight is 167 g/mol. The molecule has 0 aromatic heterocycles. The molecule has 0 radical (unpaired) electrons. The second kappa shape index (κ2) is 5.60. The third-order valence-electron chi connectivity index (χ3n) is 1.43. The summed E-state index contributed by atoms with van der Waals surface area (Å²) in [6, 6.07) is 11.8. The molecule has 0 saturated heterocycles. The van der Waals surface area contributed by atoms with Gasteiger partial charge in [0, 0.05) is 0 Å². The lowest BCUT2D eigenvalue weighted by molar-refractivity contribution is 1.54. The van der Waals surface area contributed by atoms with Crippen molar-refractivity contribution >= 4 is 6.08 Å². The number of benzene rings is 1. The van der Waals surface area contributed by atoms with E-state index in [2.05, 4.69) is 5.73 Å². The largest absolute Gasteiger partial charge is 0.192 e. The summed E-state index contributed by atoms with van der Waals surface area (Å²) in [5.74, 6) is 0. The Kier molecular flexibility index (Phi) is 3.90. The first-order valence-electron chi connectivity index (χ1n) is 3.96. The van der Waals surface area contributed by atoms with Crippen molar-refractivity contribution in [3.05, 3.63) is 59.9 Å². The van der Waals surface area contributed by atoms with Crippen LogP contribution in [0.1, 0.15) is 5.56 Å². The fourth-order valence-electron chi connectivity index (χ4n) is 0.864. The van der Waals surface area contributed by atoms with Crippen molar-refractivity contribution in [2.75, 3.05) is 0 Å². The van der Waals surface area contributed by atoms with Crippen molar-refractivity contribution in [3.63, 3.8) is 0 Å². The molecule has 0 aliphatic carbocycles. The number of rotatable bonds is 2. The van der Waals surface area contributed by atoms with Gasteiger partial charge in [0.2, 0.25) is 0 Å². The highest BCUT2D eigenvalue weighted by Crippen LogP contribution is 2.00. The number of hydrogen-bond acceptors (Lipinski definition) is 1. The van der Waals surface area contributed by atoms with E-state index in [1.165, 1.54) is 6.08 Å². The van der Waals surface area contributed by atoms with Gasteiger partial charge in [-0.25, -0.2) is 0 Å². The Hall–Kier alpha value is -2.03. The van der Waals surface area contributed by atoms with Crippen LogP contribution in [0.15, 0.2) is 54.3 Å². The molecule has 1 nitrogen and oxygen atoms in total. The highest BCUT2D eigenvalue weighted by Gasteiger charge is 1.78. The van der Waals surface area contributed by atoms with Gasteiger partial charge in [-0.3, -0.25) is 0 Å². The minimum atomic E-state index is 1.14. The average Bonchev–Trinajstić information content (AvgIpc) is 2.19. The second-order valence-electron chi connectivity index (χ2n) is 2.38. The molecule has 1 aromatic rings. The molecule has 0 N–H and O–H groups in total. The van der Waals surface area contributed by atoms with Crippen molar-refractivity contribution in [2.45, 2.75) is 0 Å². The van der Waals surface area contributed by atoms with E-state index in [4.69, 9.17) is 5.26 Å². The van der Waals surface area contributed by atoms with E-state index in [1.54, 1.807) is 6.08 Å². The molecule has 0 saturated carbocycles. The van der Waals surface area contributed by atoms with Crippen LogP contribution in [-0.4, -0.2) is 0 Å². The van der Waals surface area contributed by atoms with Crippen LogP contribution in [0.25, 0.3) is 6.08 Å². The van der Waals surface area contributed by atoms with Crippen LogP contribution in [0, 0.1) is 11.3 Å². The van der Waals surface area contributed by atoms with E-state index in [9.17, 15) is 0 Å². The topological polar surface area (TPSA) is 23.8 Å². The van der Waals surface area contributed by atoms with Crippen molar-refractivity contribution in [1.82, 2.24) is 0 Å². The van der Waals surface area contributed by atoms with E-state index in [-0.39, 0.29) is 0 Å². The van der Waals surface area contributed by atoms with Gasteiger partial charge < -0.3 is 0 Å². The van der Waals surface area contributed by atoms with Crippen LogP contribution in [0.2, 0.25) is 0 Å². The predicted molar refractivity (Wildman–Crippen MR) is 53.7 cm³/mol. The van der Waals surface area contributed by atoms with E-state index in [1.807, 2.05) is 48.6 Å². The fraction of sp³-hybridized carbons (Fsp3) is 0. The Morgan fingerprint density at radius 3 is 2.62 bits per heavy atom. The zero-order valence-electron chi connectivity index (χ0n) is 7.14. The van der Waals surface area contributed by atoms with Gasteiger partial charge in [0.25, 0.3) is 0 Å². The molecule has 0 heterocycles. The van der Waals surface area contributed by atoms with Gasteiger partial charge in [-0.1, -0.05) is 42.5 Å². The third-order valence-corrected chi connectivity index (χ3v) is 1.43. The maximum Gasteiger partial charge on any atom is 0.0996 e. The van der Waals surface area contributed by atoms with Gasteiger partial charge in [0.05, 0.1) is 12.1 Å². The van der Waals surface area contributed by atoms with Gasteiger partial charge in [-0.2, -0.15) is 5.26 Å². The molecule has 1 heteroatoms. The Labute approximate surface area is 77.9 Å². The molecule has 0 fully saturated rings. The number of nitrogens with zero attached hydrogens (tertiary/aromatic N) is 1. The molecule has 0 spiro atoms. The van der Waals surface area contributed by atoms with Crippen molar-refractivity contribution in [2.24, 2.45) is 0 Å². The minimum Gasteiger partial charge on any atom is -0.192 e. The number of nitriles is 1. The van der Waals surface area contributed by atoms with Gasteiger partial charge >= 0.3 is 0 Å². The lowest BCUT2D eigenvalue weighted by atomic mass is 10.2. The summed E-state index contributed by atoms with van der Waals surface area (Å²) >= 11 is 0. The molecular weight excluding hydrogens is 158 g/mol. The Morgan fingerprint density at radius 2 is 1.92 bits per heavy atom. The normalized spacial score (nSPS) is 8.85. The molecule has 0 aliphatic rings. The molecule has 1 aromatic carbocycles. The quantitative estimate of drug-likeness (QED) is 0.377. The summed E-state index contributed by atoms with van der Waals surface area (Å²) in [7, 11) is 0. The molecule has 13 heavy (non-hydrogen) atoms. The summed E-state index contributed by atoms with van der Waals surface area (Å²) in [5, 5.41) is 8.17.